The molecule has 0 bridgehead atoms. The molecule has 1 fully saturated rings. The van der Waals surface area contributed by atoms with E-state index in [9.17, 15) is 18.0 Å². The Bertz CT molecular complexity index is 800. The Hall–Kier alpha value is -2.35. The molecule has 1 aliphatic heterocycles. The fourth-order valence-electron chi connectivity index (χ4n) is 3.45. The lowest BCUT2D eigenvalue weighted by Gasteiger charge is -2.32. The number of halogens is 3. The maximum Gasteiger partial charge on any atom is 0.432 e. The van der Waals surface area contributed by atoms with Crippen molar-refractivity contribution in [2.24, 2.45) is 0 Å². The van der Waals surface area contributed by atoms with Crippen LogP contribution in [0.15, 0.2) is 30.5 Å². The first-order chi connectivity index (χ1) is 12.8. The molecule has 8 heteroatoms. The van der Waals surface area contributed by atoms with E-state index in [0.717, 1.165) is 18.2 Å². The van der Waals surface area contributed by atoms with Gasteiger partial charge in [0, 0.05) is 31.1 Å². The van der Waals surface area contributed by atoms with Crippen LogP contribution in [-0.4, -0.2) is 52.9 Å². The molecule has 146 valence electrons. The Kier molecular flexibility index (Phi) is 5.55. The highest BCUT2D eigenvalue weighted by Crippen LogP contribution is 2.31. The van der Waals surface area contributed by atoms with Crippen molar-refractivity contribution in [2.45, 2.75) is 31.5 Å². The first-order valence-corrected chi connectivity index (χ1v) is 8.89. The average Bonchev–Trinajstić information content (AvgIpc) is 3.12. The molecule has 1 amide bonds. The summed E-state index contributed by atoms with van der Waals surface area (Å²) in [5.41, 5.74) is 0.728. The number of alkyl halides is 3. The van der Waals surface area contributed by atoms with Crippen LogP contribution in [0.1, 0.15) is 46.2 Å². The van der Waals surface area contributed by atoms with Crippen molar-refractivity contribution < 1.29 is 18.0 Å². The van der Waals surface area contributed by atoms with Crippen LogP contribution in [0.25, 0.3) is 0 Å². The topological polar surface area (TPSA) is 52.2 Å². The lowest BCUT2D eigenvalue weighted by molar-refractivity contribution is -0.141. The minimum absolute atomic E-state index is 0.0836. The van der Waals surface area contributed by atoms with Crippen LogP contribution in [-0.2, 0) is 12.7 Å². The number of nitrogens with zero attached hydrogens (tertiary/aromatic N) is 3. The molecule has 1 atom stereocenters. The monoisotopic (exact) mass is 380 g/mol. The number of hydrogen-bond acceptors (Lipinski definition) is 3. The molecule has 2 heterocycles. The van der Waals surface area contributed by atoms with Gasteiger partial charge in [0.1, 0.15) is 11.5 Å². The van der Waals surface area contributed by atoms with Crippen LogP contribution >= 0.6 is 0 Å². The number of nitrogens with one attached hydrogen (secondary N) is 1. The number of aromatic nitrogens is 2. The van der Waals surface area contributed by atoms with Gasteiger partial charge in [0.15, 0.2) is 0 Å². The molecular weight excluding hydrogens is 357 g/mol. The van der Waals surface area contributed by atoms with Crippen molar-refractivity contribution in [3.05, 3.63) is 53.1 Å². The molecule has 0 aliphatic carbocycles. The number of carbonyl (C=O) groups is 1. The summed E-state index contributed by atoms with van der Waals surface area (Å²) in [5.74, 6) is -0.0130. The maximum absolute atomic E-state index is 13.0. The molecular formula is C19H23F3N4O. The van der Waals surface area contributed by atoms with Gasteiger partial charge in [0.2, 0.25) is 0 Å². The van der Waals surface area contributed by atoms with Crippen LogP contribution in [0, 0.1) is 0 Å². The number of rotatable bonds is 4. The summed E-state index contributed by atoms with van der Waals surface area (Å²) < 4.78 is 38.4. The zero-order valence-electron chi connectivity index (χ0n) is 15.4. The van der Waals surface area contributed by atoms with E-state index in [1.54, 1.807) is 11.0 Å². The average molecular weight is 380 g/mol. The van der Waals surface area contributed by atoms with E-state index >= 15 is 0 Å². The van der Waals surface area contributed by atoms with E-state index in [2.05, 4.69) is 9.97 Å². The Morgan fingerprint density at radius 2 is 2.07 bits per heavy atom. The highest BCUT2D eigenvalue weighted by atomic mass is 19.4. The van der Waals surface area contributed by atoms with Gasteiger partial charge in [-0.05, 0) is 38.6 Å². The Morgan fingerprint density at radius 3 is 2.74 bits per heavy atom. The van der Waals surface area contributed by atoms with E-state index < -0.39 is 11.9 Å². The smallest absolute Gasteiger partial charge is 0.338 e. The third-order valence-electron chi connectivity index (χ3n) is 4.73. The van der Waals surface area contributed by atoms with Crippen molar-refractivity contribution in [1.29, 1.82) is 0 Å². The van der Waals surface area contributed by atoms with Gasteiger partial charge in [-0.2, -0.15) is 13.2 Å². The number of carbonyl (C=O) groups excluding carboxylic acids is 1. The number of hydrogen-bond donors (Lipinski definition) is 1. The second kappa shape index (κ2) is 7.72. The minimum atomic E-state index is -4.44. The number of imidazole rings is 1. The summed E-state index contributed by atoms with van der Waals surface area (Å²) in [7, 11) is 3.88. The first kappa shape index (κ1) is 19.4. The maximum atomic E-state index is 13.0. The summed E-state index contributed by atoms with van der Waals surface area (Å²) in [6.45, 7) is 1.60. The van der Waals surface area contributed by atoms with Gasteiger partial charge in [-0.1, -0.05) is 18.2 Å². The summed E-state index contributed by atoms with van der Waals surface area (Å²) in [5, 5.41) is 0. The van der Waals surface area contributed by atoms with Gasteiger partial charge in [-0.3, -0.25) is 4.79 Å². The van der Waals surface area contributed by atoms with Crippen molar-refractivity contribution in [3.8, 4) is 0 Å². The molecule has 1 aromatic heterocycles. The lowest BCUT2D eigenvalue weighted by atomic mass is 9.96. The first-order valence-electron chi connectivity index (χ1n) is 8.89. The molecule has 1 saturated heterocycles. The molecule has 27 heavy (non-hydrogen) atoms. The molecule has 0 spiro atoms. The number of aromatic amines is 1. The van der Waals surface area contributed by atoms with Crippen LogP contribution in [0.5, 0.6) is 0 Å². The summed E-state index contributed by atoms with van der Waals surface area (Å²) >= 11 is 0. The third-order valence-corrected chi connectivity index (χ3v) is 4.73. The second-order valence-corrected chi connectivity index (χ2v) is 7.17. The van der Waals surface area contributed by atoms with Gasteiger partial charge in [0.05, 0.1) is 6.20 Å². The standard InChI is InChI=1S/C19H23F3N4O/c1-25(2)11-13-6-3-4-8-15(13)18(27)26-9-5-7-14(12-26)17-23-10-16(24-17)19(20,21)22/h3-4,6,8,10,14H,5,7,9,11-12H2,1-2H3,(H,23,24). The predicted molar refractivity (Wildman–Crippen MR) is 95.3 cm³/mol. The van der Waals surface area contributed by atoms with E-state index in [1.165, 1.54) is 0 Å². The molecule has 0 saturated carbocycles. The van der Waals surface area contributed by atoms with Crippen LogP contribution in [0.2, 0.25) is 0 Å². The Balaban J connectivity index is 1.77. The largest absolute Gasteiger partial charge is 0.432 e. The van der Waals surface area contributed by atoms with E-state index in [4.69, 9.17) is 0 Å². The summed E-state index contributed by atoms with van der Waals surface area (Å²) in [6, 6.07) is 7.46. The highest BCUT2D eigenvalue weighted by Gasteiger charge is 2.35. The zero-order valence-corrected chi connectivity index (χ0v) is 15.4. The SMILES string of the molecule is CN(C)Cc1ccccc1C(=O)N1CCCC(c2ncc(C(F)(F)F)[nH]2)C1. The highest BCUT2D eigenvalue weighted by molar-refractivity contribution is 5.95. The molecule has 1 aromatic carbocycles. The predicted octanol–water partition coefficient (Wildman–Crippen LogP) is 3.51. The molecule has 1 N–H and O–H groups in total. The van der Waals surface area contributed by atoms with Crippen molar-refractivity contribution >= 4 is 5.91 Å². The normalized spacial score (nSPS) is 18.1. The minimum Gasteiger partial charge on any atom is -0.338 e. The molecule has 5 nitrogen and oxygen atoms in total. The van der Waals surface area contributed by atoms with Crippen molar-refractivity contribution in [3.63, 3.8) is 0 Å². The number of amides is 1. The number of piperidine rings is 1. The number of benzene rings is 1. The van der Waals surface area contributed by atoms with E-state index in [0.29, 0.717) is 37.4 Å². The van der Waals surface area contributed by atoms with Gasteiger partial charge in [0.25, 0.3) is 5.91 Å². The third kappa shape index (κ3) is 4.50. The number of H-pyrrole nitrogens is 1. The van der Waals surface area contributed by atoms with E-state index in [-0.39, 0.29) is 11.8 Å². The summed E-state index contributed by atoms with van der Waals surface area (Å²) in [4.78, 5) is 23.0. The van der Waals surface area contributed by atoms with Crippen LogP contribution in [0.3, 0.4) is 0 Å². The fraction of sp³-hybridized carbons (Fsp3) is 0.474. The van der Waals surface area contributed by atoms with E-state index in [1.807, 2.05) is 37.2 Å². The molecule has 0 radical (unpaired) electrons. The van der Waals surface area contributed by atoms with Gasteiger partial charge >= 0.3 is 6.18 Å². The van der Waals surface area contributed by atoms with Gasteiger partial charge < -0.3 is 14.8 Å². The fourth-order valence-corrected chi connectivity index (χ4v) is 3.45. The summed E-state index contributed by atoms with van der Waals surface area (Å²) in [6.07, 6.45) is -2.19. The van der Waals surface area contributed by atoms with Crippen molar-refractivity contribution in [2.75, 3.05) is 27.2 Å². The number of likely N-dealkylation sites (tertiary alicyclic amines) is 1. The van der Waals surface area contributed by atoms with Crippen molar-refractivity contribution in [1.82, 2.24) is 19.8 Å². The molecule has 2 aromatic rings. The quantitative estimate of drug-likeness (QED) is 0.883. The van der Waals surface area contributed by atoms with Gasteiger partial charge in [-0.15, -0.1) is 0 Å². The Morgan fingerprint density at radius 1 is 1.33 bits per heavy atom. The molecule has 3 rings (SSSR count). The lowest BCUT2D eigenvalue weighted by Crippen LogP contribution is -2.40. The van der Waals surface area contributed by atoms with Crippen LogP contribution < -0.4 is 0 Å². The molecule has 1 aliphatic rings. The van der Waals surface area contributed by atoms with Crippen LogP contribution in [0.4, 0.5) is 13.2 Å². The van der Waals surface area contributed by atoms with Gasteiger partial charge in [-0.25, -0.2) is 4.98 Å². The Labute approximate surface area is 156 Å². The zero-order chi connectivity index (χ0) is 19.6. The second-order valence-electron chi connectivity index (χ2n) is 7.17. The molecule has 1 unspecified atom stereocenters.